The molecule has 0 unspecified atom stereocenters. The summed E-state index contributed by atoms with van der Waals surface area (Å²) in [5.41, 5.74) is 0. The average molecular weight is 170 g/mol. The summed E-state index contributed by atoms with van der Waals surface area (Å²) >= 11 is 0. The van der Waals surface area contributed by atoms with Gasteiger partial charge < -0.3 is 10.2 Å². The largest absolute Gasteiger partial charge is 0.343 e. The third kappa shape index (κ3) is 2.21. The highest BCUT2D eigenvalue weighted by molar-refractivity contribution is 5.75. The quantitative estimate of drug-likeness (QED) is 0.658. The standard InChI is InChI=1S/C9H18N2O/c1-3-9(12)11(2)8-4-6-10-7-5-8/h8,10H,3-7H2,1-2H3. The topological polar surface area (TPSA) is 32.3 Å². The number of nitrogens with zero attached hydrogens (tertiary/aromatic N) is 1. The van der Waals surface area contributed by atoms with Gasteiger partial charge in [0, 0.05) is 19.5 Å². The van der Waals surface area contributed by atoms with E-state index in [0.29, 0.717) is 12.5 Å². The van der Waals surface area contributed by atoms with Gasteiger partial charge in [0.05, 0.1) is 0 Å². The van der Waals surface area contributed by atoms with Gasteiger partial charge in [-0.2, -0.15) is 0 Å². The van der Waals surface area contributed by atoms with E-state index >= 15 is 0 Å². The highest BCUT2D eigenvalue weighted by atomic mass is 16.2. The molecule has 3 heteroatoms. The van der Waals surface area contributed by atoms with Crippen molar-refractivity contribution in [1.29, 1.82) is 0 Å². The molecule has 0 aromatic carbocycles. The summed E-state index contributed by atoms with van der Waals surface area (Å²) in [7, 11) is 1.92. The maximum absolute atomic E-state index is 11.3. The van der Waals surface area contributed by atoms with E-state index in [4.69, 9.17) is 0 Å². The van der Waals surface area contributed by atoms with Gasteiger partial charge in [-0.3, -0.25) is 4.79 Å². The Kier molecular flexibility index (Phi) is 3.53. The predicted molar refractivity (Wildman–Crippen MR) is 49.0 cm³/mol. The number of rotatable bonds is 2. The lowest BCUT2D eigenvalue weighted by Gasteiger charge is -2.31. The van der Waals surface area contributed by atoms with E-state index in [1.807, 2.05) is 18.9 Å². The van der Waals surface area contributed by atoms with Crippen molar-refractivity contribution in [3.63, 3.8) is 0 Å². The van der Waals surface area contributed by atoms with Crippen LogP contribution in [0.5, 0.6) is 0 Å². The molecule has 1 rings (SSSR count). The highest BCUT2D eigenvalue weighted by Crippen LogP contribution is 2.10. The van der Waals surface area contributed by atoms with E-state index in [-0.39, 0.29) is 5.91 Å². The second-order valence-corrected chi connectivity index (χ2v) is 3.34. The third-order valence-corrected chi connectivity index (χ3v) is 2.55. The second kappa shape index (κ2) is 4.45. The fraction of sp³-hybridized carbons (Fsp3) is 0.889. The number of amides is 1. The summed E-state index contributed by atoms with van der Waals surface area (Å²) in [6.07, 6.45) is 2.82. The Morgan fingerprint density at radius 2 is 2.08 bits per heavy atom. The van der Waals surface area contributed by atoms with E-state index < -0.39 is 0 Å². The fourth-order valence-electron chi connectivity index (χ4n) is 1.65. The van der Waals surface area contributed by atoms with Crippen LogP contribution in [-0.2, 0) is 4.79 Å². The first-order valence-corrected chi connectivity index (χ1v) is 4.72. The predicted octanol–water partition coefficient (Wildman–Crippen LogP) is 0.607. The van der Waals surface area contributed by atoms with Crippen molar-refractivity contribution < 1.29 is 4.79 Å². The molecule has 0 atom stereocenters. The molecule has 1 N–H and O–H groups in total. The summed E-state index contributed by atoms with van der Waals surface area (Å²) < 4.78 is 0. The zero-order valence-corrected chi connectivity index (χ0v) is 7.97. The molecule has 0 aliphatic carbocycles. The number of nitrogens with one attached hydrogen (secondary N) is 1. The summed E-state index contributed by atoms with van der Waals surface area (Å²) in [5.74, 6) is 0.266. The van der Waals surface area contributed by atoms with Gasteiger partial charge in [-0.05, 0) is 25.9 Å². The van der Waals surface area contributed by atoms with Gasteiger partial charge in [0.15, 0.2) is 0 Å². The number of carbonyl (C=O) groups excluding carboxylic acids is 1. The molecule has 12 heavy (non-hydrogen) atoms. The van der Waals surface area contributed by atoms with Crippen LogP contribution in [0, 0.1) is 0 Å². The van der Waals surface area contributed by atoms with Crippen LogP contribution in [0.2, 0.25) is 0 Å². The van der Waals surface area contributed by atoms with Crippen molar-refractivity contribution in [3.05, 3.63) is 0 Å². The number of hydrogen-bond donors (Lipinski definition) is 1. The van der Waals surface area contributed by atoms with Crippen LogP contribution in [0.3, 0.4) is 0 Å². The molecule has 0 aromatic rings. The van der Waals surface area contributed by atoms with Gasteiger partial charge >= 0.3 is 0 Å². The third-order valence-electron chi connectivity index (χ3n) is 2.55. The van der Waals surface area contributed by atoms with Crippen LogP contribution in [0.15, 0.2) is 0 Å². The molecule has 1 saturated heterocycles. The Morgan fingerprint density at radius 1 is 1.50 bits per heavy atom. The van der Waals surface area contributed by atoms with Crippen molar-refractivity contribution in [3.8, 4) is 0 Å². The van der Waals surface area contributed by atoms with Crippen LogP contribution in [0.1, 0.15) is 26.2 Å². The van der Waals surface area contributed by atoms with E-state index in [1.54, 1.807) is 0 Å². The Bertz CT molecular complexity index is 153. The van der Waals surface area contributed by atoms with Gasteiger partial charge in [-0.25, -0.2) is 0 Å². The van der Waals surface area contributed by atoms with E-state index in [9.17, 15) is 4.79 Å². The zero-order chi connectivity index (χ0) is 8.97. The normalized spacial score (nSPS) is 19.2. The van der Waals surface area contributed by atoms with Gasteiger partial charge in [0.2, 0.25) is 5.91 Å². The highest BCUT2D eigenvalue weighted by Gasteiger charge is 2.20. The summed E-state index contributed by atoms with van der Waals surface area (Å²) in [5, 5.41) is 3.29. The van der Waals surface area contributed by atoms with Gasteiger partial charge in [0.25, 0.3) is 0 Å². The SMILES string of the molecule is CCC(=O)N(C)C1CCNCC1. The van der Waals surface area contributed by atoms with Crippen molar-refractivity contribution in [2.24, 2.45) is 0 Å². The first-order valence-electron chi connectivity index (χ1n) is 4.72. The van der Waals surface area contributed by atoms with E-state index in [0.717, 1.165) is 25.9 Å². The van der Waals surface area contributed by atoms with Gasteiger partial charge in [-0.1, -0.05) is 6.92 Å². The summed E-state index contributed by atoms with van der Waals surface area (Å²) in [4.78, 5) is 13.2. The van der Waals surface area contributed by atoms with Crippen molar-refractivity contribution in [1.82, 2.24) is 10.2 Å². The van der Waals surface area contributed by atoms with Gasteiger partial charge in [-0.15, -0.1) is 0 Å². The van der Waals surface area contributed by atoms with E-state index in [1.165, 1.54) is 0 Å². The fourth-order valence-corrected chi connectivity index (χ4v) is 1.65. The van der Waals surface area contributed by atoms with Gasteiger partial charge in [0.1, 0.15) is 0 Å². The molecule has 0 radical (unpaired) electrons. The Hall–Kier alpha value is -0.570. The molecule has 3 nitrogen and oxygen atoms in total. The molecular weight excluding hydrogens is 152 g/mol. The van der Waals surface area contributed by atoms with Crippen molar-refractivity contribution in [2.45, 2.75) is 32.2 Å². The molecule has 1 fully saturated rings. The molecule has 0 saturated carbocycles. The minimum Gasteiger partial charge on any atom is -0.343 e. The first kappa shape index (κ1) is 9.52. The van der Waals surface area contributed by atoms with Crippen molar-refractivity contribution in [2.75, 3.05) is 20.1 Å². The second-order valence-electron chi connectivity index (χ2n) is 3.34. The molecule has 0 bridgehead atoms. The molecule has 70 valence electrons. The average Bonchev–Trinajstić information content (AvgIpc) is 2.17. The Morgan fingerprint density at radius 3 is 2.58 bits per heavy atom. The maximum Gasteiger partial charge on any atom is 0.222 e. The minimum atomic E-state index is 0.266. The van der Waals surface area contributed by atoms with Crippen molar-refractivity contribution >= 4 is 5.91 Å². The molecular formula is C9H18N2O. The monoisotopic (exact) mass is 170 g/mol. The van der Waals surface area contributed by atoms with E-state index in [2.05, 4.69) is 5.32 Å². The molecule has 1 heterocycles. The zero-order valence-electron chi connectivity index (χ0n) is 7.97. The molecule has 0 spiro atoms. The Balaban J connectivity index is 2.39. The molecule has 1 amide bonds. The number of carbonyl (C=O) groups is 1. The molecule has 1 aliphatic heterocycles. The maximum atomic E-state index is 11.3. The minimum absolute atomic E-state index is 0.266. The number of hydrogen-bond acceptors (Lipinski definition) is 2. The summed E-state index contributed by atoms with van der Waals surface area (Å²) in [6.45, 7) is 4.01. The first-order chi connectivity index (χ1) is 5.75. The smallest absolute Gasteiger partial charge is 0.222 e. The van der Waals surface area contributed by atoms with Crippen LogP contribution >= 0.6 is 0 Å². The Labute approximate surface area is 74.1 Å². The summed E-state index contributed by atoms with van der Waals surface area (Å²) in [6, 6.07) is 0.471. The molecule has 1 aliphatic rings. The van der Waals surface area contributed by atoms with Crippen LogP contribution in [-0.4, -0.2) is 37.0 Å². The lowest BCUT2D eigenvalue weighted by atomic mass is 10.1. The van der Waals surface area contributed by atoms with Crippen LogP contribution < -0.4 is 5.32 Å². The van der Waals surface area contributed by atoms with Crippen LogP contribution in [0.25, 0.3) is 0 Å². The lowest BCUT2D eigenvalue weighted by molar-refractivity contribution is -0.132. The number of piperidine rings is 1. The lowest BCUT2D eigenvalue weighted by Crippen LogP contribution is -2.43. The van der Waals surface area contributed by atoms with Crippen LogP contribution in [0.4, 0.5) is 0 Å². The molecule has 0 aromatic heterocycles.